The first-order valence-corrected chi connectivity index (χ1v) is 6.02. The van der Waals surface area contributed by atoms with E-state index in [-0.39, 0.29) is 23.6 Å². The van der Waals surface area contributed by atoms with E-state index in [1.54, 1.807) is 26.0 Å². The minimum Gasteiger partial charge on any atom is -0.294 e. The Bertz CT molecular complexity index is 633. The summed E-state index contributed by atoms with van der Waals surface area (Å²) in [5.74, 6) is -1.15. The molecule has 3 heteroatoms. The third-order valence-corrected chi connectivity index (χ3v) is 3.08. The van der Waals surface area contributed by atoms with Gasteiger partial charge in [-0.2, -0.15) is 0 Å². The Morgan fingerprint density at radius 3 is 2.42 bits per heavy atom. The van der Waals surface area contributed by atoms with E-state index in [0.717, 1.165) is 5.56 Å². The van der Waals surface area contributed by atoms with Gasteiger partial charge in [0.25, 0.3) is 0 Å². The van der Waals surface area contributed by atoms with Crippen LogP contribution in [0.5, 0.6) is 0 Å². The average molecular weight is 260 g/mol. The van der Waals surface area contributed by atoms with Crippen LogP contribution in [0.15, 0.2) is 36.4 Å². The summed E-state index contributed by atoms with van der Waals surface area (Å²) >= 11 is 0. The van der Waals surface area contributed by atoms with Gasteiger partial charge in [0.1, 0.15) is 11.6 Å². The van der Waals surface area contributed by atoms with Gasteiger partial charge < -0.3 is 0 Å². The highest BCUT2D eigenvalue weighted by Gasteiger charge is 2.13. The molecule has 0 saturated carbocycles. The second-order valence-corrected chi connectivity index (χ2v) is 4.65. The van der Waals surface area contributed by atoms with Gasteiger partial charge in [-0.3, -0.25) is 4.79 Å². The zero-order chi connectivity index (χ0) is 14.0. The van der Waals surface area contributed by atoms with Crippen molar-refractivity contribution in [2.45, 2.75) is 20.3 Å². The molecule has 0 spiro atoms. The zero-order valence-electron chi connectivity index (χ0n) is 10.8. The summed E-state index contributed by atoms with van der Waals surface area (Å²) in [6.45, 7) is 3.50. The van der Waals surface area contributed by atoms with Crippen LogP contribution >= 0.6 is 0 Å². The topological polar surface area (TPSA) is 17.1 Å². The van der Waals surface area contributed by atoms with Crippen LogP contribution in [0.25, 0.3) is 0 Å². The molecule has 0 unspecified atom stereocenters. The predicted octanol–water partition coefficient (Wildman–Crippen LogP) is 4.01. The second-order valence-electron chi connectivity index (χ2n) is 4.65. The summed E-state index contributed by atoms with van der Waals surface area (Å²) in [6, 6.07) is 8.77. The Morgan fingerprint density at radius 2 is 1.79 bits per heavy atom. The molecule has 0 amide bonds. The maximum absolute atomic E-state index is 13.7. The Balaban J connectivity index is 2.25. The molecule has 0 saturated heterocycles. The molecule has 0 radical (unpaired) electrons. The lowest BCUT2D eigenvalue weighted by atomic mass is 9.98. The van der Waals surface area contributed by atoms with Crippen molar-refractivity contribution in [2.24, 2.45) is 0 Å². The summed E-state index contributed by atoms with van der Waals surface area (Å²) < 4.78 is 26.7. The lowest BCUT2D eigenvalue weighted by Crippen LogP contribution is -2.07. The predicted molar refractivity (Wildman–Crippen MR) is 70.3 cm³/mol. The van der Waals surface area contributed by atoms with E-state index >= 15 is 0 Å². The molecule has 2 aromatic carbocycles. The van der Waals surface area contributed by atoms with Crippen LogP contribution in [-0.4, -0.2) is 5.78 Å². The van der Waals surface area contributed by atoms with Crippen LogP contribution < -0.4 is 0 Å². The number of benzene rings is 2. The van der Waals surface area contributed by atoms with Crippen LogP contribution in [0.3, 0.4) is 0 Å². The van der Waals surface area contributed by atoms with Gasteiger partial charge in [0.2, 0.25) is 0 Å². The molecule has 0 aromatic heterocycles. The minimum absolute atomic E-state index is 0.0755. The van der Waals surface area contributed by atoms with Crippen molar-refractivity contribution >= 4 is 5.78 Å². The molecule has 0 aliphatic heterocycles. The van der Waals surface area contributed by atoms with E-state index in [1.165, 1.54) is 24.3 Å². The molecule has 2 rings (SSSR count). The maximum Gasteiger partial charge on any atom is 0.170 e. The molecule has 98 valence electrons. The van der Waals surface area contributed by atoms with Crippen molar-refractivity contribution in [3.63, 3.8) is 0 Å². The SMILES string of the molecule is Cc1ccc(C(=O)Cc2ccc(F)cc2C)c(F)c1. The van der Waals surface area contributed by atoms with Gasteiger partial charge in [0.15, 0.2) is 5.78 Å². The Kier molecular flexibility index (Phi) is 3.74. The largest absolute Gasteiger partial charge is 0.294 e. The fourth-order valence-corrected chi connectivity index (χ4v) is 1.97. The Labute approximate surface area is 110 Å². The molecule has 19 heavy (non-hydrogen) atoms. The van der Waals surface area contributed by atoms with Crippen molar-refractivity contribution in [3.8, 4) is 0 Å². The number of carbonyl (C=O) groups excluding carboxylic acids is 1. The summed E-state index contributed by atoms with van der Waals surface area (Å²) in [7, 11) is 0. The quantitative estimate of drug-likeness (QED) is 0.762. The first-order valence-electron chi connectivity index (χ1n) is 6.02. The third-order valence-electron chi connectivity index (χ3n) is 3.08. The van der Waals surface area contributed by atoms with Crippen molar-refractivity contribution in [2.75, 3.05) is 0 Å². The second kappa shape index (κ2) is 5.31. The van der Waals surface area contributed by atoms with Gasteiger partial charge in [-0.1, -0.05) is 12.1 Å². The van der Waals surface area contributed by atoms with Crippen molar-refractivity contribution < 1.29 is 13.6 Å². The maximum atomic E-state index is 13.7. The molecule has 0 fully saturated rings. The van der Waals surface area contributed by atoms with Crippen LogP contribution in [0.4, 0.5) is 8.78 Å². The van der Waals surface area contributed by atoms with E-state index in [4.69, 9.17) is 0 Å². The molecular weight excluding hydrogens is 246 g/mol. The Morgan fingerprint density at radius 1 is 1.05 bits per heavy atom. The van der Waals surface area contributed by atoms with Gasteiger partial charge in [-0.15, -0.1) is 0 Å². The van der Waals surface area contributed by atoms with Gasteiger partial charge in [-0.25, -0.2) is 8.78 Å². The van der Waals surface area contributed by atoms with Crippen LogP contribution in [0, 0.1) is 25.5 Å². The summed E-state index contributed by atoms with van der Waals surface area (Å²) in [5, 5.41) is 0. The molecular formula is C16H14F2O. The first kappa shape index (κ1) is 13.4. The summed E-state index contributed by atoms with van der Waals surface area (Å²) in [4.78, 5) is 12.0. The fraction of sp³-hybridized carbons (Fsp3) is 0.188. The molecule has 1 nitrogen and oxygen atoms in total. The highest BCUT2D eigenvalue weighted by Crippen LogP contribution is 2.16. The lowest BCUT2D eigenvalue weighted by Gasteiger charge is -2.07. The molecule has 0 aliphatic rings. The number of halogens is 2. The van der Waals surface area contributed by atoms with Gasteiger partial charge >= 0.3 is 0 Å². The normalized spacial score (nSPS) is 10.5. The third kappa shape index (κ3) is 3.05. The lowest BCUT2D eigenvalue weighted by molar-refractivity contribution is 0.0989. The van der Waals surface area contributed by atoms with Crippen LogP contribution in [0.1, 0.15) is 27.0 Å². The van der Waals surface area contributed by atoms with Gasteiger partial charge in [-0.05, 0) is 54.8 Å². The highest BCUT2D eigenvalue weighted by molar-refractivity contribution is 5.97. The number of ketones is 1. The molecule has 0 atom stereocenters. The monoisotopic (exact) mass is 260 g/mol. The number of hydrogen-bond donors (Lipinski definition) is 0. The number of Topliss-reactive ketones (excluding diaryl/α,β-unsaturated/α-hetero) is 1. The molecule has 2 aromatic rings. The summed E-state index contributed by atoms with van der Waals surface area (Å²) in [5.41, 5.74) is 2.26. The van der Waals surface area contributed by atoms with Crippen LogP contribution in [0.2, 0.25) is 0 Å². The molecule has 0 N–H and O–H groups in total. The number of aryl methyl sites for hydroxylation is 2. The van der Waals surface area contributed by atoms with Crippen molar-refractivity contribution in [1.82, 2.24) is 0 Å². The van der Waals surface area contributed by atoms with E-state index < -0.39 is 5.82 Å². The number of hydrogen-bond acceptors (Lipinski definition) is 1. The van der Waals surface area contributed by atoms with E-state index in [1.807, 2.05) is 0 Å². The first-order chi connectivity index (χ1) is 8.97. The number of carbonyl (C=O) groups is 1. The molecule has 0 bridgehead atoms. The van der Waals surface area contributed by atoms with E-state index in [9.17, 15) is 13.6 Å². The van der Waals surface area contributed by atoms with Crippen molar-refractivity contribution in [3.05, 3.63) is 70.3 Å². The molecule has 0 aliphatic carbocycles. The van der Waals surface area contributed by atoms with Gasteiger partial charge in [0.05, 0.1) is 5.56 Å². The standard InChI is InChI=1S/C16H14F2O/c1-10-3-6-14(15(18)7-10)16(19)9-12-4-5-13(17)8-11(12)2/h3-8H,9H2,1-2H3. The zero-order valence-corrected chi connectivity index (χ0v) is 10.8. The smallest absolute Gasteiger partial charge is 0.170 e. The average Bonchev–Trinajstić information content (AvgIpc) is 2.32. The Hall–Kier alpha value is -2.03. The molecule has 0 heterocycles. The number of rotatable bonds is 3. The van der Waals surface area contributed by atoms with E-state index in [0.29, 0.717) is 11.1 Å². The van der Waals surface area contributed by atoms with Crippen molar-refractivity contribution in [1.29, 1.82) is 0 Å². The summed E-state index contributed by atoms with van der Waals surface area (Å²) in [6.07, 6.45) is 0.0755. The van der Waals surface area contributed by atoms with E-state index in [2.05, 4.69) is 0 Å². The minimum atomic E-state index is -0.509. The fourth-order valence-electron chi connectivity index (χ4n) is 1.97. The van der Waals surface area contributed by atoms with Gasteiger partial charge in [0, 0.05) is 6.42 Å². The van der Waals surface area contributed by atoms with Crippen LogP contribution in [-0.2, 0) is 6.42 Å². The highest BCUT2D eigenvalue weighted by atomic mass is 19.1.